The molecule has 1 aromatic carbocycles. The first-order chi connectivity index (χ1) is 13.4. The Hall–Kier alpha value is -1.19. The highest BCUT2D eigenvalue weighted by molar-refractivity contribution is 7.88. The summed E-state index contributed by atoms with van der Waals surface area (Å²) in [4.78, 5) is 14.8. The second kappa shape index (κ2) is 10.0. The molecule has 2 fully saturated rings. The van der Waals surface area contributed by atoms with Crippen molar-refractivity contribution < 1.29 is 17.9 Å². The molecule has 2 aliphatic rings. The molecule has 28 heavy (non-hydrogen) atoms. The zero-order chi connectivity index (χ0) is 20.0. The first-order valence-electron chi connectivity index (χ1n) is 9.74. The Balaban J connectivity index is 1.49. The van der Waals surface area contributed by atoms with Crippen LogP contribution in [0.2, 0.25) is 5.02 Å². The van der Waals surface area contributed by atoms with Crippen LogP contribution in [0.5, 0.6) is 0 Å². The fourth-order valence-corrected chi connectivity index (χ4v) is 5.33. The van der Waals surface area contributed by atoms with Gasteiger partial charge in [0, 0.05) is 44.3 Å². The first-order valence-corrected chi connectivity index (χ1v) is 11.7. The maximum Gasteiger partial charge on any atom is 0.224 e. The zero-order valence-corrected chi connectivity index (χ0v) is 17.6. The summed E-state index contributed by atoms with van der Waals surface area (Å²) in [6, 6.07) is 6.82. The van der Waals surface area contributed by atoms with Crippen LogP contribution in [-0.2, 0) is 25.3 Å². The second-order valence-corrected chi connectivity index (χ2v) is 9.73. The van der Waals surface area contributed by atoms with Gasteiger partial charge in [-0.25, -0.2) is 12.7 Å². The van der Waals surface area contributed by atoms with E-state index >= 15 is 0 Å². The van der Waals surface area contributed by atoms with E-state index in [4.69, 9.17) is 16.3 Å². The summed E-state index contributed by atoms with van der Waals surface area (Å²) in [6.07, 6.45) is 1.41. The highest BCUT2D eigenvalue weighted by Crippen LogP contribution is 2.22. The second-order valence-electron chi connectivity index (χ2n) is 7.32. The fraction of sp³-hybridized carbons (Fsp3) is 0.632. The van der Waals surface area contributed by atoms with Gasteiger partial charge < -0.3 is 10.1 Å². The quantitative estimate of drug-likeness (QED) is 0.707. The molecule has 0 radical (unpaired) electrons. The number of sulfonamides is 1. The van der Waals surface area contributed by atoms with Gasteiger partial charge in [-0.2, -0.15) is 0 Å². The molecule has 156 valence electrons. The molecular formula is C19H28ClN3O4S. The molecule has 1 N–H and O–H groups in total. The number of rotatable bonds is 7. The van der Waals surface area contributed by atoms with Gasteiger partial charge in [-0.1, -0.05) is 23.7 Å². The van der Waals surface area contributed by atoms with E-state index in [9.17, 15) is 13.2 Å². The van der Waals surface area contributed by atoms with Crippen molar-refractivity contribution in [1.29, 1.82) is 0 Å². The van der Waals surface area contributed by atoms with Crippen molar-refractivity contribution >= 4 is 27.5 Å². The van der Waals surface area contributed by atoms with Crippen molar-refractivity contribution in [2.45, 2.75) is 18.6 Å². The normalized spacial score (nSPS) is 22.1. The van der Waals surface area contributed by atoms with Crippen LogP contribution in [0.4, 0.5) is 0 Å². The van der Waals surface area contributed by atoms with Crippen LogP contribution in [0.1, 0.15) is 18.4 Å². The van der Waals surface area contributed by atoms with E-state index in [1.807, 2.05) is 0 Å². The molecule has 1 atom stereocenters. The maximum absolute atomic E-state index is 12.8. The number of carbonyl (C=O) groups excluding carboxylic acids is 1. The van der Waals surface area contributed by atoms with Gasteiger partial charge in [-0.3, -0.25) is 9.69 Å². The van der Waals surface area contributed by atoms with E-state index in [-0.39, 0.29) is 24.1 Å². The Morgan fingerprint density at radius 3 is 2.61 bits per heavy atom. The number of morpholine rings is 1. The van der Waals surface area contributed by atoms with Gasteiger partial charge >= 0.3 is 0 Å². The molecule has 2 saturated heterocycles. The van der Waals surface area contributed by atoms with Crippen LogP contribution in [0.15, 0.2) is 24.3 Å². The Morgan fingerprint density at radius 1 is 1.18 bits per heavy atom. The minimum Gasteiger partial charge on any atom is -0.379 e. The summed E-state index contributed by atoms with van der Waals surface area (Å²) in [6.45, 7) is 5.32. The molecule has 3 rings (SSSR count). The lowest BCUT2D eigenvalue weighted by Crippen LogP contribution is -2.47. The predicted octanol–water partition coefficient (Wildman–Crippen LogP) is 1.33. The van der Waals surface area contributed by atoms with Gasteiger partial charge in [0.1, 0.15) is 0 Å². The SMILES string of the molecule is O=C(NCCN1CCOCC1)[C@@H]1CCCN(S(=O)(=O)Cc2ccc(Cl)cc2)C1. The standard InChI is InChI=1S/C19H28ClN3O4S/c20-18-5-3-16(4-6-18)15-28(25,26)23-8-1-2-17(14-23)19(24)21-7-9-22-10-12-27-13-11-22/h3-6,17H,1-2,7-15H2,(H,21,24)/t17-/m1/s1. The van der Waals surface area contributed by atoms with E-state index in [1.165, 1.54) is 4.31 Å². The van der Waals surface area contributed by atoms with E-state index in [0.29, 0.717) is 30.1 Å². The van der Waals surface area contributed by atoms with E-state index in [2.05, 4.69) is 10.2 Å². The number of nitrogens with one attached hydrogen (secondary N) is 1. The van der Waals surface area contributed by atoms with Gasteiger partial charge in [0.05, 0.1) is 24.9 Å². The number of ether oxygens (including phenoxy) is 1. The van der Waals surface area contributed by atoms with Crippen LogP contribution in [0.25, 0.3) is 0 Å². The topological polar surface area (TPSA) is 79.0 Å². The Kier molecular flexibility index (Phi) is 7.70. The maximum atomic E-state index is 12.8. The highest BCUT2D eigenvalue weighted by atomic mass is 35.5. The van der Waals surface area contributed by atoms with Gasteiger partial charge in [0.15, 0.2) is 0 Å². The van der Waals surface area contributed by atoms with Gasteiger partial charge in [-0.15, -0.1) is 0 Å². The third-order valence-corrected chi connectivity index (χ3v) is 7.31. The lowest BCUT2D eigenvalue weighted by molar-refractivity contribution is -0.126. The number of hydrogen-bond acceptors (Lipinski definition) is 5. The molecule has 0 saturated carbocycles. The number of benzene rings is 1. The molecule has 0 unspecified atom stereocenters. The summed E-state index contributed by atoms with van der Waals surface area (Å²) in [5.74, 6) is -0.423. The third-order valence-electron chi connectivity index (χ3n) is 5.24. The van der Waals surface area contributed by atoms with Crippen molar-refractivity contribution in [3.05, 3.63) is 34.9 Å². The number of halogens is 1. The Labute approximate surface area is 172 Å². The van der Waals surface area contributed by atoms with Crippen molar-refractivity contribution in [3.8, 4) is 0 Å². The summed E-state index contributed by atoms with van der Waals surface area (Å²) in [5.41, 5.74) is 0.696. The number of nitrogens with zero attached hydrogens (tertiary/aromatic N) is 2. The molecule has 0 spiro atoms. The van der Waals surface area contributed by atoms with Gasteiger partial charge in [0.25, 0.3) is 0 Å². The van der Waals surface area contributed by atoms with Crippen LogP contribution < -0.4 is 5.32 Å². The van der Waals surface area contributed by atoms with Gasteiger partial charge in [0.2, 0.25) is 15.9 Å². The smallest absolute Gasteiger partial charge is 0.224 e. The summed E-state index contributed by atoms with van der Waals surface area (Å²) in [5, 5.41) is 3.55. The molecular weight excluding hydrogens is 402 g/mol. The molecule has 0 aliphatic carbocycles. The van der Waals surface area contributed by atoms with Crippen molar-refractivity contribution in [2.24, 2.45) is 5.92 Å². The van der Waals surface area contributed by atoms with Crippen molar-refractivity contribution in [2.75, 3.05) is 52.5 Å². The largest absolute Gasteiger partial charge is 0.379 e. The molecule has 0 bridgehead atoms. The van der Waals surface area contributed by atoms with Crippen molar-refractivity contribution in [1.82, 2.24) is 14.5 Å². The van der Waals surface area contributed by atoms with Crippen LogP contribution in [-0.4, -0.2) is 76.0 Å². The summed E-state index contributed by atoms with van der Waals surface area (Å²) >= 11 is 5.86. The fourth-order valence-electron chi connectivity index (χ4n) is 3.60. The predicted molar refractivity (Wildman–Crippen MR) is 109 cm³/mol. The monoisotopic (exact) mass is 429 g/mol. The average molecular weight is 430 g/mol. The summed E-state index contributed by atoms with van der Waals surface area (Å²) < 4.78 is 32.3. The third kappa shape index (κ3) is 6.15. The molecule has 2 heterocycles. The van der Waals surface area contributed by atoms with Gasteiger partial charge in [-0.05, 0) is 30.5 Å². The average Bonchev–Trinajstić information content (AvgIpc) is 2.70. The van der Waals surface area contributed by atoms with Crippen LogP contribution in [0.3, 0.4) is 0 Å². The minimum atomic E-state index is -3.47. The molecule has 9 heteroatoms. The molecule has 0 aromatic heterocycles. The van der Waals surface area contributed by atoms with Crippen molar-refractivity contribution in [3.63, 3.8) is 0 Å². The number of amides is 1. The molecule has 7 nitrogen and oxygen atoms in total. The number of carbonyl (C=O) groups is 1. The number of piperidine rings is 1. The van der Waals surface area contributed by atoms with E-state index in [0.717, 1.165) is 39.3 Å². The molecule has 1 aromatic rings. The lowest BCUT2D eigenvalue weighted by atomic mass is 9.99. The lowest BCUT2D eigenvalue weighted by Gasteiger charge is -2.31. The Bertz CT molecular complexity index is 751. The summed E-state index contributed by atoms with van der Waals surface area (Å²) in [7, 11) is -3.47. The van der Waals surface area contributed by atoms with Crippen LogP contribution >= 0.6 is 11.6 Å². The Morgan fingerprint density at radius 2 is 1.89 bits per heavy atom. The minimum absolute atomic E-state index is 0.0559. The first kappa shape index (κ1) is 21.5. The molecule has 2 aliphatic heterocycles. The highest BCUT2D eigenvalue weighted by Gasteiger charge is 2.32. The van der Waals surface area contributed by atoms with E-state index in [1.54, 1.807) is 24.3 Å². The van der Waals surface area contributed by atoms with E-state index < -0.39 is 10.0 Å². The zero-order valence-electron chi connectivity index (χ0n) is 16.0. The van der Waals surface area contributed by atoms with Crippen LogP contribution in [0, 0.1) is 5.92 Å². The molecule has 1 amide bonds. The number of hydrogen-bond donors (Lipinski definition) is 1.